The summed E-state index contributed by atoms with van der Waals surface area (Å²) in [6.45, 7) is 0. The smallest absolute Gasteiger partial charge is 0.272 e. The van der Waals surface area contributed by atoms with Crippen molar-refractivity contribution in [3.05, 3.63) is 99.8 Å². The maximum atomic E-state index is 12.7. The number of carbonyl (C=O) groups is 1. The Hall–Kier alpha value is -2.36. The molecule has 1 amide bonds. The summed E-state index contributed by atoms with van der Waals surface area (Å²) in [5, 5.41) is 3.47. The lowest BCUT2D eigenvalue weighted by molar-refractivity contribution is 0.0938. The highest BCUT2D eigenvalue weighted by atomic mass is 35.5. The van der Waals surface area contributed by atoms with Gasteiger partial charge in [-0.2, -0.15) is 0 Å². The van der Waals surface area contributed by atoms with Crippen molar-refractivity contribution in [2.24, 2.45) is 0 Å². The first-order chi connectivity index (χ1) is 11.6. The minimum atomic E-state index is -0.375. The molecular formula is C19H14Cl2N2O. The number of benzene rings is 2. The van der Waals surface area contributed by atoms with Crippen LogP contribution < -0.4 is 5.32 Å². The monoisotopic (exact) mass is 356 g/mol. The molecule has 0 bridgehead atoms. The van der Waals surface area contributed by atoms with Gasteiger partial charge in [0.1, 0.15) is 10.8 Å². The summed E-state index contributed by atoms with van der Waals surface area (Å²) in [4.78, 5) is 16.7. The van der Waals surface area contributed by atoms with E-state index < -0.39 is 0 Å². The van der Waals surface area contributed by atoms with Crippen LogP contribution in [-0.4, -0.2) is 10.9 Å². The van der Waals surface area contributed by atoms with Crippen LogP contribution in [-0.2, 0) is 0 Å². The number of carbonyl (C=O) groups excluding carboxylic acids is 1. The Morgan fingerprint density at radius 3 is 1.92 bits per heavy atom. The summed E-state index contributed by atoms with van der Waals surface area (Å²) in [6, 6.07) is 22.3. The summed E-state index contributed by atoms with van der Waals surface area (Å²) < 4.78 is 0. The van der Waals surface area contributed by atoms with Crippen molar-refractivity contribution < 1.29 is 4.79 Å². The van der Waals surface area contributed by atoms with Crippen molar-refractivity contribution in [3.63, 3.8) is 0 Å². The van der Waals surface area contributed by atoms with Gasteiger partial charge in [-0.3, -0.25) is 4.79 Å². The van der Waals surface area contributed by atoms with E-state index in [4.69, 9.17) is 23.2 Å². The van der Waals surface area contributed by atoms with Gasteiger partial charge in [-0.05, 0) is 23.3 Å². The molecule has 0 unspecified atom stereocenters. The Balaban J connectivity index is 1.95. The lowest BCUT2D eigenvalue weighted by Gasteiger charge is -2.20. The number of rotatable bonds is 4. The van der Waals surface area contributed by atoms with Crippen LogP contribution in [0.15, 0.2) is 72.8 Å². The fourth-order valence-electron chi connectivity index (χ4n) is 2.43. The van der Waals surface area contributed by atoms with Crippen LogP contribution in [0.25, 0.3) is 0 Å². The Morgan fingerprint density at radius 2 is 1.38 bits per heavy atom. The van der Waals surface area contributed by atoms with Gasteiger partial charge in [0, 0.05) is 0 Å². The number of aromatic nitrogens is 1. The first-order valence-corrected chi connectivity index (χ1v) is 8.13. The molecule has 1 N–H and O–H groups in total. The van der Waals surface area contributed by atoms with Gasteiger partial charge in [0.2, 0.25) is 0 Å². The predicted octanol–water partition coefficient (Wildman–Crippen LogP) is 4.91. The Bertz CT molecular complexity index is 799. The maximum Gasteiger partial charge on any atom is 0.272 e. The van der Waals surface area contributed by atoms with Crippen molar-refractivity contribution in [1.29, 1.82) is 0 Å². The highest BCUT2D eigenvalue weighted by Crippen LogP contribution is 2.23. The van der Waals surface area contributed by atoms with Gasteiger partial charge in [-0.1, -0.05) is 83.9 Å². The van der Waals surface area contributed by atoms with Crippen LogP contribution in [0.4, 0.5) is 0 Å². The third-order valence-electron chi connectivity index (χ3n) is 3.57. The molecule has 0 saturated carbocycles. The molecule has 120 valence electrons. The largest absolute Gasteiger partial charge is 0.340 e. The molecule has 0 aliphatic heterocycles. The lowest BCUT2D eigenvalue weighted by atomic mass is 9.98. The Kier molecular flexibility index (Phi) is 5.14. The van der Waals surface area contributed by atoms with Gasteiger partial charge >= 0.3 is 0 Å². The van der Waals surface area contributed by atoms with Gasteiger partial charge in [-0.25, -0.2) is 4.98 Å². The molecule has 0 radical (unpaired) electrons. The molecule has 2 aromatic carbocycles. The zero-order valence-electron chi connectivity index (χ0n) is 12.6. The number of halogens is 2. The van der Waals surface area contributed by atoms with E-state index in [1.54, 1.807) is 12.1 Å². The van der Waals surface area contributed by atoms with E-state index in [1.165, 1.54) is 0 Å². The van der Waals surface area contributed by atoms with E-state index in [0.29, 0.717) is 0 Å². The highest BCUT2D eigenvalue weighted by Gasteiger charge is 2.20. The molecule has 1 aromatic heterocycles. The summed E-state index contributed by atoms with van der Waals surface area (Å²) in [5.74, 6) is -0.375. The van der Waals surface area contributed by atoms with E-state index >= 15 is 0 Å². The Morgan fingerprint density at radius 1 is 0.833 bits per heavy atom. The summed E-state index contributed by atoms with van der Waals surface area (Å²) >= 11 is 12.0. The average Bonchev–Trinajstić information content (AvgIpc) is 2.63. The van der Waals surface area contributed by atoms with E-state index in [-0.39, 0.29) is 27.8 Å². The third kappa shape index (κ3) is 3.75. The second kappa shape index (κ2) is 7.47. The minimum absolute atomic E-state index is 0.112. The van der Waals surface area contributed by atoms with Crippen LogP contribution in [0, 0.1) is 0 Å². The molecule has 0 fully saturated rings. The van der Waals surface area contributed by atoms with Crippen molar-refractivity contribution in [3.8, 4) is 0 Å². The first-order valence-electron chi connectivity index (χ1n) is 7.38. The van der Waals surface area contributed by atoms with Crippen molar-refractivity contribution >= 4 is 29.1 Å². The normalized spacial score (nSPS) is 10.6. The SMILES string of the molecule is O=C(NC(c1ccccc1)c1ccccc1)c1nc(Cl)ccc1Cl. The highest BCUT2D eigenvalue weighted by molar-refractivity contribution is 6.34. The van der Waals surface area contributed by atoms with Crippen LogP contribution in [0.1, 0.15) is 27.7 Å². The number of pyridine rings is 1. The zero-order valence-corrected chi connectivity index (χ0v) is 14.1. The zero-order chi connectivity index (χ0) is 16.9. The topological polar surface area (TPSA) is 42.0 Å². The van der Waals surface area contributed by atoms with Gasteiger partial charge in [0.15, 0.2) is 0 Å². The minimum Gasteiger partial charge on any atom is -0.340 e. The van der Waals surface area contributed by atoms with Crippen LogP contribution in [0.3, 0.4) is 0 Å². The van der Waals surface area contributed by atoms with Crippen LogP contribution in [0.2, 0.25) is 10.2 Å². The van der Waals surface area contributed by atoms with Gasteiger partial charge < -0.3 is 5.32 Å². The molecule has 5 heteroatoms. The van der Waals surface area contributed by atoms with Gasteiger partial charge in [0.25, 0.3) is 5.91 Å². The van der Waals surface area contributed by atoms with Crippen molar-refractivity contribution in [2.45, 2.75) is 6.04 Å². The molecule has 0 aliphatic carbocycles. The van der Waals surface area contributed by atoms with Crippen molar-refractivity contribution in [1.82, 2.24) is 10.3 Å². The number of nitrogens with zero attached hydrogens (tertiary/aromatic N) is 1. The quantitative estimate of drug-likeness (QED) is 0.675. The number of nitrogens with one attached hydrogen (secondary N) is 1. The summed E-state index contributed by atoms with van der Waals surface area (Å²) in [7, 11) is 0. The summed E-state index contributed by atoms with van der Waals surface area (Å²) in [6.07, 6.45) is 0. The van der Waals surface area contributed by atoms with Gasteiger partial charge in [-0.15, -0.1) is 0 Å². The van der Waals surface area contributed by atoms with Gasteiger partial charge in [0.05, 0.1) is 11.1 Å². The van der Waals surface area contributed by atoms with Crippen molar-refractivity contribution in [2.75, 3.05) is 0 Å². The molecule has 0 aliphatic rings. The summed E-state index contributed by atoms with van der Waals surface area (Å²) in [5.41, 5.74) is 2.05. The Labute approximate surface area is 150 Å². The molecular weight excluding hydrogens is 343 g/mol. The molecule has 0 spiro atoms. The molecule has 24 heavy (non-hydrogen) atoms. The number of hydrogen-bond donors (Lipinski definition) is 1. The lowest BCUT2D eigenvalue weighted by Crippen LogP contribution is -2.30. The second-order valence-electron chi connectivity index (χ2n) is 5.19. The molecule has 3 aromatic rings. The molecule has 0 atom stereocenters. The molecule has 3 nitrogen and oxygen atoms in total. The fourth-order valence-corrected chi connectivity index (χ4v) is 2.77. The molecule has 1 heterocycles. The number of hydrogen-bond acceptors (Lipinski definition) is 2. The predicted molar refractivity (Wildman–Crippen MR) is 96.5 cm³/mol. The number of amides is 1. The molecule has 0 saturated heterocycles. The van der Waals surface area contributed by atoms with E-state index in [0.717, 1.165) is 11.1 Å². The van der Waals surface area contributed by atoms with E-state index in [9.17, 15) is 4.79 Å². The second-order valence-corrected chi connectivity index (χ2v) is 5.99. The van der Waals surface area contributed by atoms with Crippen LogP contribution >= 0.6 is 23.2 Å². The fraction of sp³-hybridized carbons (Fsp3) is 0.0526. The third-order valence-corrected chi connectivity index (χ3v) is 4.08. The van der Waals surface area contributed by atoms with E-state index in [2.05, 4.69) is 10.3 Å². The first kappa shape index (κ1) is 16.5. The average molecular weight is 357 g/mol. The molecule has 3 rings (SSSR count). The van der Waals surface area contributed by atoms with Crippen LogP contribution in [0.5, 0.6) is 0 Å². The maximum absolute atomic E-state index is 12.7. The van der Waals surface area contributed by atoms with E-state index in [1.807, 2.05) is 60.7 Å². The standard InChI is InChI=1S/C19H14Cl2N2O/c20-15-11-12-16(21)22-18(15)19(24)23-17(13-7-3-1-4-8-13)14-9-5-2-6-10-14/h1-12,17H,(H,23,24).